The first-order valence-corrected chi connectivity index (χ1v) is 14.5. The van der Waals surface area contributed by atoms with Crippen LogP contribution in [0, 0.1) is 11.6 Å². The van der Waals surface area contributed by atoms with Crippen molar-refractivity contribution in [1.82, 2.24) is 19.9 Å². The maximum absolute atomic E-state index is 15.5. The molecule has 3 heterocycles. The van der Waals surface area contributed by atoms with Crippen molar-refractivity contribution < 1.29 is 33.0 Å². The summed E-state index contributed by atoms with van der Waals surface area (Å²) in [4.78, 5) is 32.1. The van der Waals surface area contributed by atoms with Crippen LogP contribution in [-0.2, 0) is 24.3 Å². The molecule has 1 fully saturated rings. The minimum atomic E-state index is -1.07. The van der Waals surface area contributed by atoms with Gasteiger partial charge in [-0.05, 0) is 66.1 Å². The molecule has 0 saturated carbocycles. The van der Waals surface area contributed by atoms with Gasteiger partial charge in [0.1, 0.15) is 35.5 Å². The van der Waals surface area contributed by atoms with Gasteiger partial charge in [-0.2, -0.15) is 0 Å². The number of hydrogen-bond acceptors (Lipinski definition) is 6. The molecule has 1 amide bonds. The summed E-state index contributed by atoms with van der Waals surface area (Å²) in [5.41, 5.74) is 2.55. The van der Waals surface area contributed by atoms with Crippen LogP contribution in [0.2, 0.25) is 5.02 Å². The number of benzene rings is 3. The highest BCUT2D eigenvalue weighted by Crippen LogP contribution is 2.31. The number of fused-ring (bicyclic) bond motifs is 1. The zero-order valence-corrected chi connectivity index (χ0v) is 24.8. The van der Waals surface area contributed by atoms with Gasteiger partial charge in [-0.25, -0.2) is 18.6 Å². The zero-order valence-electron chi connectivity index (χ0n) is 24.0. The van der Waals surface area contributed by atoms with Crippen molar-refractivity contribution in [3.05, 3.63) is 112 Å². The minimum absolute atomic E-state index is 0.0104. The topological polar surface area (TPSA) is 116 Å². The van der Waals surface area contributed by atoms with E-state index in [-0.39, 0.29) is 47.4 Å². The smallest absolute Gasteiger partial charge is 0.335 e. The normalized spacial score (nSPS) is 14.3. The fourth-order valence-electron chi connectivity index (χ4n) is 5.12. The van der Waals surface area contributed by atoms with Crippen molar-refractivity contribution in [3.8, 4) is 16.9 Å². The van der Waals surface area contributed by atoms with Crippen LogP contribution in [0.15, 0.2) is 66.9 Å². The van der Waals surface area contributed by atoms with Crippen molar-refractivity contribution in [2.24, 2.45) is 0 Å². The predicted octanol–water partition coefficient (Wildman–Crippen LogP) is 6.05. The monoisotopic (exact) mass is 632 g/mol. The van der Waals surface area contributed by atoms with Crippen LogP contribution in [0.1, 0.15) is 44.2 Å². The first-order valence-electron chi connectivity index (χ1n) is 14.1. The number of carbonyl (C=O) groups is 2. The van der Waals surface area contributed by atoms with E-state index >= 15 is 8.78 Å². The van der Waals surface area contributed by atoms with Gasteiger partial charge in [-0.3, -0.25) is 9.78 Å². The second-order valence-electron chi connectivity index (χ2n) is 10.6. The highest BCUT2D eigenvalue weighted by molar-refractivity contribution is 6.31. The van der Waals surface area contributed by atoms with Gasteiger partial charge < -0.3 is 24.5 Å². The molecule has 2 aromatic heterocycles. The molecule has 12 heteroatoms. The highest BCUT2D eigenvalue weighted by Gasteiger charge is 2.23. The van der Waals surface area contributed by atoms with E-state index < -0.39 is 17.6 Å². The molecule has 1 aliphatic rings. The fourth-order valence-corrected chi connectivity index (χ4v) is 5.33. The lowest BCUT2D eigenvalue weighted by molar-refractivity contribution is -0.0589. The van der Waals surface area contributed by atoms with E-state index in [2.05, 4.69) is 15.3 Å². The molecular formula is C33H27ClF2N4O5. The molecule has 9 nitrogen and oxygen atoms in total. The number of nitrogens with zero attached hydrogens (tertiary/aromatic N) is 3. The first kappa shape index (κ1) is 30.2. The van der Waals surface area contributed by atoms with Crippen LogP contribution < -0.4 is 10.1 Å². The minimum Gasteiger partial charge on any atom is -0.489 e. The summed E-state index contributed by atoms with van der Waals surface area (Å²) in [7, 11) is 1.49. The van der Waals surface area contributed by atoms with E-state index in [4.69, 9.17) is 21.1 Å². The van der Waals surface area contributed by atoms with Crippen LogP contribution in [0.4, 0.5) is 8.78 Å². The van der Waals surface area contributed by atoms with Gasteiger partial charge in [0.15, 0.2) is 0 Å². The molecule has 45 heavy (non-hydrogen) atoms. The zero-order chi connectivity index (χ0) is 31.7. The molecule has 0 aliphatic carbocycles. The van der Waals surface area contributed by atoms with Crippen molar-refractivity contribution in [3.63, 3.8) is 0 Å². The Morgan fingerprint density at radius 2 is 1.93 bits per heavy atom. The number of carboxylic acid groups (broad SMARTS) is 1. The van der Waals surface area contributed by atoms with Gasteiger partial charge in [0.25, 0.3) is 5.91 Å². The number of carbonyl (C=O) groups excluding carboxylic acids is 1. The molecule has 2 N–H and O–H groups in total. The number of pyridine rings is 1. The average Bonchev–Trinajstić information content (AvgIpc) is 3.35. The lowest BCUT2D eigenvalue weighted by Gasteiger charge is -2.27. The van der Waals surface area contributed by atoms with Gasteiger partial charge >= 0.3 is 5.97 Å². The van der Waals surface area contributed by atoms with Gasteiger partial charge in [0, 0.05) is 37.4 Å². The second kappa shape index (κ2) is 12.6. The van der Waals surface area contributed by atoms with E-state index in [1.165, 1.54) is 31.4 Å². The first-order chi connectivity index (χ1) is 21.7. The molecular weight excluding hydrogens is 606 g/mol. The van der Waals surface area contributed by atoms with Crippen molar-refractivity contribution in [1.29, 1.82) is 0 Å². The molecule has 3 aromatic carbocycles. The molecule has 0 radical (unpaired) electrons. The Hall–Kier alpha value is -4.87. The standard InChI is InChI=1S/C33H27ClF2N4O5/c1-37-32(41)29-14-25(34)21(15-38-29)17-45-22-4-2-3-18(9-22)24-13-26(35)20(10-27(24)36)12-31-39-28-6-5-19(33(42)43)11-30(28)40(31)16-23-7-8-44-23/h2-6,9-11,13-15,23H,7-8,12,16-17H2,1H3,(H,37,41)(H,42,43)/t23-/m0/s1. The number of carboxylic acids is 1. The summed E-state index contributed by atoms with van der Waals surface area (Å²) in [5, 5.41) is 12.3. The lowest BCUT2D eigenvalue weighted by atomic mass is 10.0. The van der Waals surface area contributed by atoms with Gasteiger partial charge in [-0.1, -0.05) is 23.7 Å². The number of amides is 1. The van der Waals surface area contributed by atoms with Crippen molar-refractivity contribution in [2.45, 2.75) is 32.1 Å². The lowest BCUT2D eigenvalue weighted by Crippen LogP contribution is -2.31. The van der Waals surface area contributed by atoms with Crippen LogP contribution in [-0.4, -0.2) is 51.3 Å². The molecule has 1 aliphatic heterocycles. The molecule has 1 atom stereocenters. The van der Waals surface area contributed by atoms with E-state index in [0.29, 0.717) is 51.9 Å². The van der Waals surface area contributed by atoms with Gasteiger partial charge in [0.2, 0.25) is 0 Å². The average molecular weight is 633 g/mol. The number of ether oxygens (including phenoxy) is 2. The molecule has 230 valence electrons. The summed E-state index contributed by atoms with van der Waals surface area (Å²) in [5.74, 6) is -1.80. The predicted molar refractivity (Wildman–Crippen MR) is 163 cm³/mol. The van der Waals surface area contributed by atoms with E-state index in [9.17, 15) is 14.7 Å². The largest absolute Gasteiger partial charge is 0.489 e. The Labute approximate surface area is 261 Å². The van der Waals surface area contributed by atoms with Gasteiger partial charge in [0.05, 0.1) is 34.3 Å². The maximum atomic E-state index is 15.5. The molecule has 5 aromatic rings. The molecule has 0 bridgehead atoms. The summed E-state index contributed by atoms with van der Waals surface area (Å²) in [6, 6.07) is 14.9. The van der Waals surface area contributed by atoms with Crippen molar-refractivity contribution in [2.75, 3.05) is 13.7 Å². The van der Waals surface area contributed by atoms with Crippen LogP contribution in [0.25, 0.3) is 22.2 Å². The highest BCUT2D eigenvalue weighted by atomic mass is 35.5. The Morgan fingerprint density at radius 3 is 2.64 bits per heavy atom. The molecule has 1 saturated heterocycles. The Morgan fingerprint density at radius 1 is 1.11 bits per heavy atom. The Bertz CT molecular complexity index is 1940. The summed E-state index contributed by atoms with van der Waals surface area (Å²) in [6.07, 6.45) is 2.21. The molecule has 0 unspecified atom stereocenters. The number of rotatable bonds is 10. The number of aromatic nitrogens is 3. The van der Waals surface area contributed by atoms with Gasteiger partial charge in [-0.15, -0.1) is 0 Å². The number of aromatic carboxylic acids is 1. The SMILES string of the molecule is CNC(=O)c1cc(Cl)c(COc2cccc(-c3cc(F)c(Cc4nc5ccc(C(=O)O)cc5n4C[C@@H]4CCO4)cc3F)c2)cn1. The second-order valence-corrected chi connectivity index (χ2v) is 11.0. The number of imidazole rings is 1. The quantitative estimate of drug-likeness (QED) is 0.193. The number of nitrogens with one attached hydrogen (secondary N) is 1. The van der Waals surface area contributed by atoms with Crippen molar-refractivity contribution >= 4 is 34.5 Å². The summed E-state index contributed by atoms with van der Waals surface area (Å²) in [6.45, 7) is 1.10. The number of hydrogen-bond donors (Lipinski definition) is 2. The third kappa shape index (κ3) is 6.36. The van der Waals surface area contributed by atoms with E-state index in [1.54, 1.807) is 30.3 Å². The third-order valence-electron chi connectivity index (χ3n) is 7.67. The fraction of sp³-hybridized carbons (Fsp3) is 0.212. The Kier molecular flexibility index (Phi) is 8.46. The number of halogens is 3. The van der Waals surface area contributed by atoms with Crippen LogP contribution >= 0.6 is 11.6 Å². The van der Waals surface area contributed by atoms with E-state index in [1.807, 2.05) is 4.57 Å². The summed E-state index contributed by atoms with van der Waals surface area (Å²) >= 11 is 6.29. The molecule has 0 spiro atoms. The molecule has 6 rings (SSSR count). The third-order valence-corrected chi connectivity index (χ3v) is 8.02. The Balaban J connectivity index is 1.24. The van der Waals surface area contributed by atoms with Crippen LogP contribution in [0.5, 0.6) is 5.75 Å². The summed E-state index contributed by atoms with van der Waals surface area (Å²) < 4.78 is 44.3. The van der Waals surface area contributed by atoms with Crippen LogP contribution in [0.3, 0.4) is 0 Å². The maximum Gasteiger partial charge on any atom is 0.335 e. The van der Waals surface area contributed by atoms with E-state index in [0.717, 1.165) is 18.6 Å².